The lowest BCUT2D eigenvalue weighted by Crippen LogP contribution is -2.23. The van der Waals surface area contributed by atoms with Crippen LogP contribution in [0, 0.1) is 18.7 Å². The fourth-order valence-electron chi connectivity index (χ4n) is 2.21. The Balaban J connectivity index is 2.03. The lowest BCUT2D eigenvalue weighted by Gasteiger charge is -2.11. The first-order chi connectivity index (χ1) is 8.06. The topological polar surface area (TPSA) is 55.1 Å². The van der Waals surface area contributed by atoms with Crippen molar-refractivity contribution in [1.82, 2.24) is 0 Å². The average molecular weight is 236 g/mol. The highest BCUT2D eigenvalue weighted by Crippen LogP contribution is 2.26. The van der Waals surface area contributed by atoms with Gasteiger partial charge in [-0.2, -0.15) is 0 Å². The van der Waals surface area contributed by atoms with Crippen LogP contribution in [0.1, 0.15) is 24.8 Å². The van der Waals surface area contributed by atoms with Gasteiger partial charge in [-0.15, -0.1) is 0 Å². The largest absolute Gasteiger partial charge is 0.328 e. The Morgan fingerprint density at radius 1 is 1.47 bits per heavy atom. The third kappa shape index (κ3) is 2.82. The highest BCUT2D eigenvalue weighted by atomic mass is 19.1. The first-order valence-electron chi connectivity index (χ1n) is 5.89. The van der Waals surface area contributed by atoms with E-state index in [-0.39, 0.29) is 29.4 Å². The first-order valence-corrected chi connectivity index (χ1v) is 5.89. The Hall–Kier alpha value is -1.42. The van der Waals surface area contributed by atoms with Gasteiger partial charge in [0.2, 0.25) is 5.91 Å². The summed E-state index contributed by atoms with van der Waals surface area (Å²) in [5, 5.41) is 2.63. The molecule has 0 saturated heterocycles. The van der Waals surface area contributed by atoms with Gasteiger partial charge in [0.25, 0.3) is 0 Å². The highest BCUT2D eigenvalue weighted by molar-refractivity contribution is 5.92. The van der Waals surface area contributed by atoms with Gasteiger partial charge in [-0.3, -0.25) is 4.79 Å². The van der Waals surface area contributed by atoms with Crippen molar-refractivity contribution >= 4 is 11.6 Å². The molecule has 92 valence electrons. The van der Waals surface area contributed by atoms with Crippen molar-refractivity contribution in [3.05, 3.63) is 29.6 Å². The number of carbonyl (C=O) groups excluding carboxylic acids is 1. The molecule has 0 bridgehead atoms. The van der Waals surface area contributed by atoms with Crippen molar-refractivity contribution in [2.75, 3.05) is 5.32 Å². The molecule has 3 nitrogen and oxygen atoms in total. The summed E-state index contributed by atoms with van der Waals surface area (Å²) in [5.41, 5.74) is 6.84. The van der Waals surface area contributed by atoms with Crippen LogP contribution in [0.3, 0.4) is 0 Å². The Kier molecular flexibility index (Phi) is 3.43. The number of carbonyl (C=O) groups is 1. The van der Waals surface area contributed by atoms with Crippen molar-refractivity contribution < 1.29 is 9.18 Å². The molecule has 0 radical (unpaired) electrons. The molecule has 2 unspecified atom stereocenters. The van der Waals surface area contributed by atoms with E-state index >= 15 is 0 Å². The van der Waals surface area contributed by atoms with Crippen LogP contribution in [-0.2, 0) is 4.79 Å². The SMILES string of the molecule is Cc1ccc(NC(=O)C2CCC(N)C2)c(F)c1. The van der Waals surface area contributed by atoms with Gasteiger partial charge in [0.05, 0.1) is 5.69 Å². The number of rotatable bonds is 2. The number of amides is 1. The van der Waals surface area contributed by atoms with Gasteiger partial charge < -0.3 is 11.1 Å². The lowest BCUT2D eigenvalue weighted by molar-refractivity contribution is -0.119. The summed E-state index contributed by atoms with van der Waals surface area (Å²) in [4.78, 5) is 11.9. The summed E-state index contributed by atoms with van der Waals surface area (Å²) in [5.74, 6) is -0.591. The molecular weight excluding hydrogens is 219 g/mol. The number of nitrogens with two attached hydrogens (primary N) is 1. The van der Waals surface area contributed by atoms with Gasteiger partial charge >= 0.3 is 0 Å². The number of nitrogens with one attached hydrogen (secondary N) is 1. The molecule has 0 spiro atoms. The number of halogens is 1. The maximum absolute atomic E-state index is 13.5. The molecule has 1 fully saturated rings. The van der Waals surface area contributed by atoms with Gasteiger partial charge in [-0.25, -0.2) is 4.39 Å². The molecule has 3 N–H and O–H groups in total. The van der Waals surface area contributed by atoms with Crippen molar-refractivity contribution in [2.24, 2.45) is 11.7 Å². The smallest absolute Gasteiger partial charge is 0.227 e. The van der Waals surface area contributed by atoms with Crippen molar-refractivity contribution in [3.63, 3.8) is 0 Å². The molecular formula is C13H17FN2O. The summed E-state index contributed by atoms with van der Waals surface area (Å²) < 4.78 is 13.5. The van der Waals surface area contributed by atoms with Gasteiger partial charge in [-0.1, -0.05) is 6.07 Å². The fourth-order valence-corrected chi connectivity index (χ4v) is 2.21. The van der Waals surface area contributed by atoms with Crippen molar-refractivity contribution in [3.8, 4) is 0 Å². The molecule has 2 rings (SSSR count). The van der Waals surface area contributed by atoms with Crippen LogP contribution >= 0.6 is 0 Å². The standard InChI is InChI=1S/C13H17FN2O/c1-8-2-5-12(11(14)6-8)16-13(17)9-3-4-10(15)7-9/h2,5-6,9-10H,3-4,7,15H2,1H3,(H,16,17). The van der Waals surface area contributed by atoms with E-state index in [1.54, 1.807) is 12.1 Å². The summed E-state index contributed by atoms with van der Waals surface area (Å²) in [7, 11) is 0. The van der Waals surface area contributed by atoms with E-state index in [4.69, 9.17) is 5.73 Å². The minimum absolute atomic E-state index is 0.0781. The van der Waals surface area contributed by atoms with Crippen LogP contribution < -0.4 is 11.1 Å². The predicted octanol–water partition coefficient (Wildman–Crippen LogP) is 2.20. The van der Waals surface area contributed by atoms with Crippen LogP contribution in [0.5, 0.6) is 0 Å². The molecule has 4 heteroatoms. The van der Waals surface area contributed by atoms with Crippen LogP contribution in [-0.4, -0.2) is 11.9 Å². The zero-order valence-corrected chi connectivity index (χ0v) is 9.87. The number of hydrogen-bond donors (Lipinski definition) is 2. The minimum atomic E-state index is -0.388. The minimum Gasteiger partial charge on any atom is -0.328 e. The first kappa shape index (κ1) is 12.0. The third-order valence-corrected chi connectivity index (χ3v) is 3.23. The van der Waals surface area contributed by atoms with E-state index in [9.17, 15) is 9.18 Å². The highest BCUT2D eigenvalue weighted by Gasteiger charge is 2.28. The molecule has 1 aliphatic carbocycles. The third-order valence-electron chi connectivity index (χ3n) is 3.23. The molecule has 0 heterocycles. The zero-order valence-electron chi connectivity index (χ0n) is 9.87. The summed E-state index contributed by atoms with van der Waals surface area (Å²) in [6.45, 7) is 1.81. The number of aryl methyl sites for hydroxylation is 1. The quantitative estimate of drug-likeness (QED) is 0.827. The van der Waals surface area contributed by atoms with E-state index in [1.165, 1.54) is 6.07 Å². The van der Waals surface area contributed by atoms with Crippen LogP contribution in [0.15, 0.2) is 18.2 Å². The maximum atomic E-state index is 13.5. The average Bonchev–Trinajstić information content (AvgIpc) is 2.69. The number of benzene rings is 1. The van der Waals surface area contributed by atoms with Gasteiger partial charge in [0.15, 0.2) is 0 Å². The Bertz CT molecular complexity index is 433. The molecule has 1 aromatic carbocycles. The van der Waals surface area contributed by atoms with E-state index in [0.29, 0.717) is 6.42 Å². The van der Waals surface area contributed by atoms with Crippen molar-refractivity contribution in [1.29, 1.82) is 0 Å². The lowest BCUT2D eigenvalue weighted by atomic mass is 10.1. The predicted molar refractivity (Wildman–Crippen MR) is 65.1 cm³/mol. The second-order valence-corrected chi connectivity index (χ2v) is 4.74. The fraction of sp³-hybridized carbons (Fsp3) is 0.462. The molecule has 0 aliphatic heterocycles. The molecule has 1 aliphatic rings. The zero-order chi connectivity index (χ0) is 12.4. The summed E-state index contributed by atoms with van der Waals surface area (Å²) >= 11 is 0. The number of hydrogen-bond acceptors (Lipinski definition) is 2. The Morgan fingerprint density at radius 3 is 2.82 bits per heavy atom. The molecule has 2 atom stereocenters. The summed E-state index contributed by atoms with van der Waals surface area (Å²) in [6, 6.07) is 4.89. The van der Waals surface area contributed by atoms with Gasteiger partial charge in [-0.05, 0) is 43.9 Å². The van der Waals surface area contributed by atoms with E-state index in [1.807, 2.05) is 6.92 Å². The molecule has 1 aromatic rings. The number of anilines is 1. The monoisotopic (exact) mass is 236 g/mol. The van der Waals surface area contributed by atoms with E-state index in [2.05, 4.69) is 5.32 Å². The Morgan fingerprint density at radius 2 is 2.24 bits per heavy atom. The summed E-state index contributed by atoms with van der Waals surface area (Å²) in [6.07, 6.45) is 2.36. The van der Waals surface area contributed by atoms with E-state index < -0.39 is 0 Å². The molecule has 1 saturated carbocycles. The molecule has 17 heavy (non-hydrogen) atoms. The second-order valence-electron chi connectivity index (χ2n) is 4.74. The normalized spacial score (nSPS) is 23.7. The maximum Gasteiger partial charge on any atom is 0.227 e. The second kappa shape index (κ2) is 4.84. The van der Waals surface area contributed by atoms with E-state index in [0.717, 1.165) is 18.4 Å². The van der Waals surface area contributed by atoms with Gasteiger partial charge in [0.1, 0.15) is 5.82 Å². The van der Waals surface area contributed by atoms with Gasteiger partial charge in [0, 0.05) is 12.0 Å². The Labute approximate surface area is 100 Å². The van der Waals surface area contributed by atoms with Crippen LogP contribution in [0.2, 0.25) is 0 Å². The van der Waals surface area contributed by atoms with Crippen LogP contribution in [0.4, 0.5) is 10.1 Å². The van der Waals surface area contributed by atoms with Crippen molar-refractivity contribution in [2.45, 2.75) is 32.2 Å². The van der Waals surface area contributed by atoms with Crippen LogP contribution in [0.25, 0.3) is 0 Å². The molecule has 1 amide bonds. The molecule has 0 aromatic heterocycles.